The van der Waals surface area contributed by atoms with Gasteiger partial charge in [-0.25, -0.2) is 4.39 Å². The molecule has 0 radical (unpaired) electrons. The summed E-state index contributed by atoms with van der Waals surface area (Å²) in [5, 5.41) is 0.587. The number of para-hydroxylation sites is 1. The minimum atomic E-state index is -0.361. The van der Waals surface area contributed by atoms with E-state index in [2.05, 4.69) is 4.98 Å². The third-order valence-corrected chi connectivity index (χ3v) is 4.37. The molecule has 0 spiro atoms. The number of nitrogens with zero attached hydrogens (tertiary/aromatic N) is 1. The van der Waals surface area contributed by atoms with Gasteiger partial charge in [0.15, 0.2) is 0 Å². The van der Waals surface area contributed by atoms with Gasteiger partial charge in [0.25, 0.3) is 5.91 Å². The van der Waals surface area contributed by atoms with Gasteiger partial charge < -0.3 is 9.88 Å². The van der Waals surface area contributed by atoms with Crippen LogP contribution in [-0.4, -0.2) is 10.9 Å². The number of amides is 1. The first kappa shape index (κ1) is 16.1. The van der Waals surface area contributed by atoms with Crippen LogP contribution in [0.1, 0.15) is 15.9 Å². The van der Waals surface area contributed by atoms with Crippen molar-refractivity contribution in [2.75, 3.05) is 4.90 Å². The third kappa shape index (κ3) is 3.09. The number of rotatable bonds is 4. The zero-order chi connectivity index (χ0) is 17.9. The molecule has 0 atom stereocenters. The van der Waals surface area contributed by atoms with E-state index in [1.165, 1.54) is 12.1 Å². The Morgan fingerprint density at radius 3 is 2.35 bits per heavy atom. The van der Waals surface area contributed by atoms with E-state index in [4.69, 9.17) is 0 Å². The Bertz CT molecular complexity index is 1040. The number of anilines is 1. The Balaban J connectivity index is 1.77. The van der Waals surface area contributed by atoms with E-state index in [1.807, 2.05) is 60.7 Å². The van der Waals surface area contributed by atoms with E-state index in [1.54, 1.807) is 17.2 Å². The highest BCUT2D eigenvalue weighted by Gasteiger charge is 2.21. The molecule has 0 saturated heterocycles. The minimum Gasteiger partial charge on any atom is -0.360 e. The molecule has 1 heterocycles. The summed E-state index contributed by atoms with van der Waals surface area (Å²) in [5.74, 6) is -0.530. The van der Waals surface area contributed by atoms with Crippen LogP contribution in [0.3, 0.4) is 0 Å². The molecule has 1 aromatic heterocycles. The predicted octanol–water partition coefficient (Wildman–Crippen LogP) is 5.15. The summed E-state index contributed by atoms with van der Waals surface area (Å²) in [7, 11) is 0. The second kappa shape index (κ2) is 6.84. The van der Waals surface area contributed by atoms with E-state index in [0.717, 1.165) is 16.8 Å². The molecule has 1 N–H and O–H groups in total. The number of hydrogen-bond acceptors (Lipinski definition) is 1. The Morgan fingerprint density at radius 1 is 0.923 bits per heavy atom. The third-order valence-electron chi connectivity index (χ3n) is 4.37. The number of fused-ring (bicyclic) bond motifs is 1. The number of hydrogen-bond donors (Lipinski definition) is 1. The molecular formula is C22H17FN2O. The number of carbonyl (C=O) groups is 1. The van der Waals surface area contributed by atoms with Crippen LogP contribution in [0.5, 0.6) is 0 Å². The van der Waals surface area contributed by atoms with Crippen molar-refractivity contribution in [2.45, 2.75) is 6.54 Å². The molecule has 4 aromatic rings. The SMILES string of the molecule is O=C(c1c[nH]c2ccc(F)cc12)N(Cc1ccccc1)c1ccccc1. The molecule has 0 aliphatic heterocycles. The second-order valence-corrected chi connectivity index (χ2v) is 6.10. The second-order valence-electron chi connectivity index (χ2n) is 6.10. The molecule has 128 valence electrons. The lowest BCUT2D eigenvalue weighted by Gasteiger charge is -2.23. The van der Waals surface area contributed by atoms with Crippen molar-refractivity contribution in [3.05, 3.63) is 102 Å². The summed E-state index contributed by atoms with van der Waals surface area (Å²) >= 11 is 0. The van der Waals surface area contributed by atoms with E-state index in [-0.39, 0.29) is 11.7 Å². The Kier molecular flexibility index (Phi) is 4.23. The summed E-state index contributed by atoms with van der Waals surface area (Å²) in [6, 6.07) is 23.7. The number of carbonyl (C=O) groups excluding carboxylic acids is 1. The first-order chi connectivity index (χ1) is 12.7. The van der Waals surface area contributed by atoms with E-state index >= 15 is 0 Å². The van der Waals surface area contributed by atoms with Crippen LogP contribution in [0.4, 0.5) is 10.1 Å². The fourth-order valence-corrected chi connectivity index (χ4v) is 3.07. The molecular weight excluding hydrogens is 327 g/mol. The first-order valence-corrected chi connectivity index (χ1v) is 8.40. The van der Waals surface area contributed by atoms with Crippen molar-refractivity contribution in [3.63, 3.8) is 0 Å². The summed E-state index contributed by atoms with van der Waals surface area (Å²) < 4.78 is 13.7. The van der Waals surface area contributed by atoms with Crippen molar-refractivity contribution >= 4 is 22.5 Å². The van der Waals surface area contributed by atoms with Gasteiger partial charge in [-0.2, -0.15) is 0 Å². The molecule has 3 aromatic carbocycles. The number of nitrogens with one attached hydrogen (secondary N) is 1. The van der Waals surface area contributed by atoms with Gasteiger partial charge in [0.1, 0.15) is 5.82 Å². The van der Waals surface area contributed by atoms with E-state index < -0.39 is 0 Å². The van der Waals surface area contributed by atoms with Gasteiger partial charge in [-0.15, -0.1) is 0 Å². The van der Waals surface area contributed by atoms with Crippen molar-refractivity contribution in [1.82, 2.24) is 4.98 Å². The Hall–Kier alpha value is -3.40. The normalized spacial score (nSPS) is 10.8. The van der Waals surface area contributed by atoms with Gasteiger partial charge >= 0.3 is 0 Å². The Labute approximate surface area is 150 Å². The van der Waals surface area contributed by atoms with Gasteiger partial charge in [0.05, 0.1) is 12.1 Å². The van der Waals surface area contributed by atoms with Crippen LogP contribution in [-0.2, 0) is 6.54 Å². The fraction of sp³-hybridized carbons (Fsp3) is 0.0455. The molecule has 4 heteroatoms. The molecule has 0 aliphatic carbocycles. The molecule has 3 nitrogen and oxygen atoms in total. The van der Waals surface area contributed by atoms with E-state index in [9.17, 15) is 9.18 Å². The molecule has 0 fully saturated rings. The monoisotopic (exact) mass is 344 g/mol. The lowest BCUT2D eigenvalue weighted by atomic mass is 10.1. The smallest absolute Gasteiger partial charge is 0.260 e. The maximum atomic E-state index is 13.7. The van der Waals surface area contributed by atoms with Crippen LogP contribution < -0.4 is 4.90 Å². The van der Waals surface area contributed by atoms with Crippen LogP contribution in [0.2, 0.25) is 0 Å². The highest BCUT2D eigenvalue weighted by Crippen LogP contribution is 2.25. The minimum absolute atomic E-state index is 0.170. The summed E-state index contributed by atoms with van der Waals surface area (Å²) in [5.41, 5.74) is 3.02. The number of halogens is 1. The maximum absolute atomic E-state index is 13.7. The average molecular weight is 344 g/mol. The zero-order valence-electron chi connectivity index (χ0n) is 14.0. The highest BCUT2D eigenvalue weighted by atomic mass is 19.1. The summed E-state index contributed by atoms with van der Waals surface area (Å²) in [4.78, 5) is 18.1. The van der Waals surface area contributed by atoms with Gasteiger partial charge in [0, 0.05) is 22.8 Å². The lowest BCUT2D eigenvalue weighted by molar-refractivity contribution is 0.0987. The standard InChI is InChI=1S/C22H17FN2O/c23-17-11-12-21-19(13-17)20(14-24-21)22(26)25(18-9-5-2-6-10-18)15-16-7-3-1-4-8-16/h1-14,24H,15H2. The molecule has 0 unspecified atom stereocenters. The van der Waals surface area contributed by atoms with Gasteiger partial charge in [0.2, 0.25) is 0 Å². The quantitative estimate of drug-likeness (QED) is 0.546. The first-order valence-electron chi connectivity index (χ1n) is 8.40. The topological polar surface area (TPSA) is 36.1 Å². The highest BCUT2D eigenvalue weighted by molar-refractivity contribution is 6.13. The largest absolute Gasteiger partial charge is 0.360 e. The van der Waals surface area contributed by atoms with Gasteiger partial charge in [-0.1, -0.05) is 48.5 Å². The van der Waals surface area contributed by atoms with Crippen molar-refractivity contribution < 1.29 is 9.18 Å². The predicted molar refractivity (Wildman–Crippen MR) is 102 cm³/mol. The number of H-pyrrole nitrogens is 1. The number of aromatic amines is 1. The summed E-state index contributed by atoms with van der Waals surface area (Å²) in [6.45, 7) is 0.436. The van der Waals surface area contributed by atoms with Gasteiger partial charge in [-0.3, -0.25) is 4.79 Å². The lowest BCUT2D eigenvalue weighted by Crippen LogP contribution is -2.30. The summed E-state index contributed by atoms with van der Waals surface area (Å²) in [6.07, 6.45) is 1.65. The molecule has 0 bridgehead atoms. The van der Waals surface area contributed by atoms with Gasteiger partial charge in [-0.05, 0) is 35.9 Å². The molecule has 26 heavy (non-hydrogen) atoms. The van der Waals surface area contributed by atoms with Crippen LogP contribution >= 0.6 is 0 Å². The molecule has 1 amide bonds. The fourth-order valence-electron chi connectivity index (χ4n) is 3.07. The van der Waals surface area contributed by atoms with Crippen LogP contribution in [0.25, 0.3) is 10.9 Å². The average Bonchev–Trinajstić information content (AvgIpc) is 3.10. The number of aromatic nitrogens is 1. The van der Waals surface area contributed by atoms with Crippen molar-refractivity contribution in [2.24, 2.45) is 0 Å². The number of benzene rings is 3. The molecule has 4 rings (SSSR count). The molecule has 0 aliphatic rings. The van der Waals surface area contributed by atoms with Crippen molar-refractivity contribution in [1.29, 1.82) is 0 Å². The zero-order valence-corrected chi connectivity index (χ0v) is 14.0. The van der Waals surface area contributed by atoms with Crippen LogP contribution in [0, 0.1) is 5.82 Å². The Morgan fingerprint density at radius 2 is 1.62 bits per heavy atom. The van der Waals surface area contributed by atoms with Crippen LogP contribution in [0.15, 0.2) is 85.1 Å². The van der Waals surface area contributed by atoms with Crippen molar-refractivity contribution in [3.8, 4) is 0 Å². The van der Waals surface area contributed by atoms with E-state index in [0.29, 0.717) is 17.5 Å². The molecule has 0 saturated carbocycles. The maximum Gasteiger partial charge on any atom is 0.260 e.